The minimum absolute atomic E-state index is 0.125. The molecule has 0 fully saturated rings. The van der Waals surface area contributed by atoms with E-state index < -0.39 is 6.04 Å². The predicted molar refractivity (Wildman–Crippen MR) is 87.3 cm³/mol. The van der Waals surface area contributed by atoms with Crippen molar-refractivity contribution in [2.24, 2.45) is 5.73 Å². The average Bonchev–Trinajstić information content (AvgIpc) is 2.50. The van der Waals surface area contributed by atoms with Crippen LogP contribution < -0.4 is 11.1 Å². The van der Waals surface area contributed by atoms with Gasteiger partial charge in [-0.2, -0.15) is 0 Å². The molecule has 0 heterocycles. The molecule has 2 rings (SSSR count). The molecule has 0 radical (unpaired) electrons. The number of rotatable bonds is 5. The number of hydrogen-bond donors (Lipinski definition) is 2. The summed E-state index contributed by atoms with van der Waals surface area (Å²) in [5, 5.41) is 2.92. The van der Waals surface area contributed by atoms with Crippen LogP contribution in [-0.2, 0) is 11.2 Å². The van der Waals surface area contributed by atoms with Crippen LogP contribution in [0.3, 0.4) is 0 Å². The van der Waals surface area contributed by atoms with Gasteiger partial charge in [0.1, 0.15) is 0 Å². The van der Waals surface area contributed by atoms with Crippen LogP contribution in [0.25, 0.3) is 0 Å². The summed E-state index contributed by atoms with van der Waals surface area (Å²) in [4.78, 5) is 12.2. The number of benzene rings is 2. The first-order valence-corrected chi connectivity index (χ1v) is 7.24. The van der Waals surface area contributed by atoms with Crippen LogP contribution in [0.4, 0.5) is 5.69 Å². The van der Waals surface area contributed by atoms with Gasteiger partial charge in [-0.3, -0.25) is 4.79 Å². The van der Waals surface area contributed by atoms with E-state index in [1.165, 1.54) is 5.56 Å². The lowest BCUT2D eigenvalue weighted by Gasteiger charge is -2.14. The Balaban J connectivity index is 1.92. The maximum Gasteiger partial charge on any atom is 0.241 e. The Labute approximate surface area is 126 Å². The fourth-order valence-electron chi connectivity index (χ4n) is 2.21. The Morgan fingerprint density at radius 2 is 1.81 bits per heavy atom. The van der Waals surface area contributed by atoms with Crippen LogP contribution in [0, 0.1) is 13.8 Å². The Bertz CT molecular complexity index is 608. The number of anilines is 1. The molecule has 0 aliphatic carbocycles. The standard InChI is InChI=1S/C18H22N2O/c1-13-7-6-10-17(14(13)2)20-18(21)16(19)12-11-15-8-4-3-5-9-15/h3-10,16H,11-12,19H2,1-2H3,(H,20,21). The molecule has 0 spiro atoms. The van der Waals surface area contributed by atoms with Gasteiger partial charge in [-0.05, 0) is 49.4 Å². The third-order valence-electron chi connectivity index (χ3n) is 3.79. The second-order valence-electron chi connectivity index (χ2n) is 5.37. The van der Waals surface area contributed by atoms with Crippen molar-refractivity contribution in [3.05, 3.63) is 65.2 Å². The van der Waals surface area contributed by atoms with E-state index in [1.54, 1.807) is 0 Å². The number of carbonyl (C=O) groups excluding carboxylic acids is 1. The summed E-state index contributed by atoms with van der Waals surface area (Å²) >= 11 is 0. The van der Waals surface area contributed by atoms with Gasteiger partial charge >= 0.3 is 0 Å². The fraction of sp³-hybridized carbons (Fsp3) is 0.278. The minimum Gasteiger partial charge on any atom is -0.324 e. The van der Waals surface area contributed by atoms with E-state index in [9.17, 15) is 4.79 Å². The summed E-state index contributed by atoms with van der Waals surface area (Å²) in [6, 6.07) is 15.5. The number of aryl methyl sites for hydroxylation is 2. The molecule has 21 heavy (non-hydrogen) atoms. The van der Waals surface area contributed by atoms with E-state index in [1.807, 2.05) is 50.2 Å². The molecule has 0 aliphatic rings. The van der Waals surface area contributed by atoms with Crippen molar-refractivity contribution in [2.75, 3.05) is 5.32 Å². The quantitative estimate of drug-likeness (QED) is 0.884. The van der Waals surface area contributed by atoms with Gasteiger partial charge in [0.2, 0.25) is 5.91 Å². The maximum absolute atomic E-state index is 12.2. The first kappa shape index (κ1) is 15.3. The topological polar surface area (TPSA) is 55.1 Å². The second-order valence-corrected chi connectivity index (χ2v) is 5.37. The molecule has 110 valence electrons. The summed E-state index contributed by atoms with van der Waals surface area (Å²) in [5.41, 5.74) is 10.3. The van der Waals surface area contributed by atoms with E-state index in [0.717, 1.165) is 23.2 Å². The number of carbonyl (C=O) groups is 1. The molecule has 0 aliphatic heterocycles. The largest absolute Gasteiger partial charge is 0.324 e. The molecule has 1 unspecified atom stereocenters. The van der Waals surface area contributed by atoms with Gasteiger partial charge in [0, 0.05) is 5.69 Å². The summed E-state index contributed by atoms with van der Waals surface area (Å²) in [7, 11) is 0. The van der Waals surface area contributed by atoms with E-state index >= 15 is 0 Å². The lowest BCUT2D eigenvalue weighted by Crippen LogP contribution is -2.36. The highest BCUT2D eigenvalue weighted by Crippen LogP contribution is 2.18. The van der Waals surface area contributed by atoms with E-state index in [2.05, 4.69) is 17.4 Å². The average molecular weight is 282 g/mol. The number of hydrogen-bond acceptors (Lipinski definition) is 2. The number of nitrogens with two attached hydrogens (primary N) is 1. The summed E-state index contributed by atoms with van der Waals surface area (Å²) in [6.45, 7) is 4.03. The van der Waals surface area contributed by atoms with Crippen LogP contribution in [0.1, 0.15) is 23.1 Å². The lowest BCUT2D eigenvalue weighted by molar-refractivity contribution is -0.117. The maximum atomic E-state index is 12.2. The summed E-state index contributed by atoms with van der Waals surface area (Å²) < 4.78 is 0. The molecule has 1 atom stereocenters. The van der Waals surface area contributed by atoms with Gasteiger partial charge in [0.15, 0.2) is 0 Å². The molecule has 0 aromatic heterocycles. The van der Waals surface area contributed by atoms with Gasteiger partial charge in [-0.15, -0.1) is 0 Å². The van der Waals surface area contributed by atoms with Crippen LogP contribution in [0.5, 0.6) is 0 Å². The molecule has 2 aromatic rings. The van der Waals surface area contributed by atoms with E-state index in [-0.39, 0.29) is 5.91 Å². The minimum atomic E-state index is -0.495. The van der Waals surface area contributed by atoms with Crippen molar-refractivity contribution in [3.8, 4) is 0 Å². The third-order valence-corrected chi connectivity index (χ3v) is 3.79. The van der Waals surface area contributed by atoms with Gasteiger partial charge in [0.05, 0.1) is 6.04 Å². The van der Waals surface area contributed by atoms with E-state index in [4.69, 9.17) is 5.73 Å². The summed E-state index contributed by atoms with van der Waals surface area (Å²) in [6.07, 6.45) is 1.45. The number of nitrogens with one attached hydrogen (secondary N) is 1. The SMILES string of the molecule is Cc1cccc(NC(=O)C(N)CCc2ccccc2)c1C. The van der Waals surface area contributed by atoms with Crippen molar-refractivity contribution in [1.82, 2.24) is 0 Å². The molecule has 3 heteroatoms. The molecule has 1 amide bonds. The molecule has 0 saturated heterocycles. The third kappa shape index (κ3) is 4.17. The van der Waals surface area contributed by atoms with Crippen LogP contribution >= 0.6 is 0 Å². The molecule has 0 saturated carbocycles. The van der Waals surface area contributed by atoms with Crippen LogP contribution in [-0.4, -0.2) is 11.9 Å². The monoisotopic (exact) mass is 282 g/mol. The van der Waals surface area contributed by atoms with Crippen molar-refractivity contribution in [1.29, 1.82) is 0 Å². The molecule has 0 bridgehead atoms. The van der Waals surface area contributed by atoms with Gasteiger partial charge in [-0.25, -0.2) is 0 Å². The molecular formula is C18H22N2O. The first-order chi connectivity index (χ1) is 10.1. The predicted octanol–water partition coefficient (Wildman–Crippen LogP) is 3.20. The van der Waals surface area contributed by atoms with Gasteiger partial charge in [-0.1, -0.05) is 42.5 Å². The number of amides is 1. The zero-order chi connectivity index (χ0) is 15.2. The van der Waals surface area contributed by atoms with Gasteiger partial charge < -0.3 is 11.1 Å². The highest BCUT2D eigenvalue weighted by Gasteiger charge is 2.14. The lowest BCUT2D eigenvalue weighted by atomic mass is 10.0. The molecule has 2 aromatic carbocycles. The van der Waals surface area contributed by atoms with Crippen molar-refractivity contribution < 1.29 is 4.79 Å². The summed E-state index contributed by atoms with van der Waals surface area (Å²) in [5.74, 6) is -0.125. The first-order valence-electron chi connectivity index (χ1n) is 7.24. The molecular weight excluding hydrogens is 260 g/mol. The van der Waals surface area contributed by atoms with Crippen molar-refractivity contribution >= 4 is 11.6 Å². The normalized spacial score (nSPS) is 12.0. The smallest absolute Gasteiger partial charge is 0.241 e. The zero-order valence-electron chi connectivity index (χ0n) is 12.6. The van der Waals surface area contributed by atoms with E-state index in [0.29, 0.717) is 6.42 Å². The van der Waals surface area contributed by atoms with Crippen LogP contribution in [0.2, 0.25) is 0 Å². The van der Waals surface area contributed by atoms with Gasteiger partial charge in [0.25, 0.3) is 0 Å². The van der Waals surface area contributed by atoms with Crippen LogP contribution in [0.15, 0.2) is 48.5 Å². The van der Waals surface area contributed by atoms with Crippen molar-refractivity contribution in [3.63, 3.8) is 0 Å². The zero-order valence-corrected chi connectivity index (χ0v) is 12.6. The Morgan fingerprint density at radius 1 is 1.10 bits per heavy atom. The molecule has 3 nitrogen and oxygen atoms in total. The Hall–Kier alpha value is -2.13. The highest BCUT2D eigenvalue weighted by atomic mass is 16.2. The fourth-order valence-corrected chi connectivity index (χ4v) is 2.21. The Morgan fingerprint density at radius 3 is 2.52 bits per heavy atom. The second kappa shape index (κ2) is 7.04. The molecule has 3 N–H and O–H groups in total. The van der Waals surface area contributed by atoms with Crippen molar-refractivity contribution in [2.45, 2.75) is 32.7 Å². The highest BCUT2D eigenvalue weighted by molar-refractivity contribution is 5.95. The Kier molecular flexibility index (Phi) is 5.12.